The first-order valence-corrected chi connectivity index (χ1v) is 6.23. The summed E-state index contributed by atoms with van der Waals surface area (Å²) in [4.78, 5) is 27.7. The number of carboxylic acid groups (broad SMARTS) is 1. The van der Waals surface area contributed by atoms with Crippen molar-refractivity contribution in [2.24, 2.45) is 0 Å². The number of rotatable bonds is 3. The summed E-state index contributed by atoms with van der Waals surface area (Å²) in [5.74, 6) is -1.54. The van der Waals surface area contributed by atoms with Crippen LogP contribution >= 0.6 is 0 Å². The van der Waals surface area contributed by atoms with Gasteiger partial charge >= 0.3 is 5.97 Å². The monoisotopic (exact) mass is 275 g/mol. The number of imidazole rings is 1. The average molecular weight is 275 g/mol. The number of nitrogens with zero attached hydrogens (tertiary/aromatic N) is 2. The number of carbonyl (C=O) groups excluding carboxylic acids is 1. The van der Waals surface area contributed by atoms with Gasteiger partial charge in [0.2, 0.25) is 0 Å². The molecular weight excluding hydrogens is 258 g/mol. The zero-order valence-corrected chi connectivity index (χ0v) is 11.9. The normalized spacial score (nSPS) is 11.6. The summed E-state index contributed by atoms with van der Waals surface area (Å²) >= 11 is 0. The summed E-state index contributed by atoms with van der Waals surface area (Å²) in [6, 6.07) is 3.73. The van der Waals surface area contributed by atoms with E-state index in [0.717, 1.165) is 5.56 Å². The van der Waals surface area contributed by atoms with Crippen molar-refractivity contribution in [1.82, 2.24) is 14.7 Å². The fourth-order valence-corrected chi connectivity index (χ4v) is 1.94. The summed E-state index contributed by atoms with van der Waals surface area (Å²) in [6.45, 7) is 6.52. The Morgan fingerprint density at radius 1 is 1.30 bits per heavy atom. The number of carbonyl (C=O) groups is 2. The van der Waals surface area contributed by atoms with Crippen LogP contribution in [0.3, 0.4) is 0 Å². The minimum atomic E-state index is -1.34. The number of amides is 1. The van der Waals surface area contributed by atoms with Crippen LogP contribution in [-0.2, 0) is 4.79 Å². The van der Waals surface area contributed by atoms with E-state index >= 15 is 0 Å². The molecule has 0 aliphatic heterocycles. The van der Waals surface area contributed by atoms with Crippen molar-refractivity contribution in [2.75, 3.05) is 0 Å². The number of aromatic nitrogens is 2. The molecule has 6 heteroatoms. The minimum Gasteiger partial charge on any atom is -0.480 e. The van der Waals surface area contributed by atoms with Crippen LogP contribution < -0.4 is 5.32 Å². The maximum atomic E-state index is 12.3. The number of carboxylic acids is 1. The van der Waals surface area contributed by atoms with E-state index in [-0.39, 0.29) is 0 Å². The van der Waals surface area contributed by atoms with Crippen LogP contribution in [0, 0.1) is 13.8 Å². The molecule has 2 aromatic rings. The van der Waals surface area contributed by atoms with E-state index in [1.165, 1.54) is 13.8 Å². The van der Waals surface area contributed by atoms with E-state index < -0.39 is 17.4 Å². The molecule has 0 radical (unpaired) electrons. The molecule has 2 aromatic heterocycles. The second-order valence-corrected chi connectivity index (χ2v) is 5.36. The summed E-state index contributed by atoms with van der Waals surface area (Å²) in [5.41, 5.74) is 1.23. The van der Waals surface area contributed by atoms with Gasteiger partial charge in [-0.15, -0.1) is 0 Å². The highest BCUT2D eigenvalue weighted by atomic mass is 16.4. The van der Waals surface area contributed by atoms with Crippen LogP contribution in [-0.4, -0.2) is 31.9 Å². The van der Waals surface area contributed by atoms with Gasteiger partial charge in [0.25, 0.3) is 5.91 Å². The fourth-order valence-electron chi connectivity index (χ4n) is 1.94. The van der Waals surface area contributed by atoms with Gasteiger partial charge in [0.15, 0.2) is 0 Å². The predicted molar refractivity (Wildman–Crippen MR) is 73.8 cm³/mol. The lowest BCUT2D eigenvalue weighted by atomic mass is 10.1. The van der Waals surface area contributed by atoms with E-state index in [1.54, 1.807) is 17.5 Å². The third-order valence-electron chi connectivity index (χ3n) is 3.12. The topological polar surface area (TPSA) is 83.7 Å². The average Bonchev–Trinajstić information content (AvgIpc) is 2.63. The van der Waals surface area contributed by atoms with Crippen molar-refractivity contribution in [3.8, 4) is 0 Å². The molecule has 0 saturated heterocycles. The fraction of sp³-hybridized carbons (Fsp3) is 0.357. The van der Waals surface area contributed by atoms with E-state index in [2.05, 4.69) is 10.3 Å². The molecule has 20 heavy (non-hydrogen) atoms. The lowest BCUT2D eigenvalue weighted by Crippen LogP contribution is -2.50. The zero-order chi connectivity index (χ0) is 15.1. The Bertz CT molecular complexity index is 701. The Morgan fingerprint density at radius 3 is 2.55 bits per heavy atom. The Balaban J connectivity index is 2.47. The van der Waals surface area contributed by atoms with Crippen molar-refractivity contribution in [3.05, 3.63) is 35.3 Å². The zero-order valence-electron chi connectivity index (χ0n) is 11.9. The third-order valence-corrected chi connectivity index (χ3v) is 3.12. The molecule has 2 rings (SSSR count). The number of pyridine rings is 1. The second-order valence-electron chi connectivity index (χ2n) is 5.36. The van der Waals surface area contributed by atoms with Crippen molar-refractivity contribution in [3.63, 3.8) is 0 Å². The Labute approximate surface area is 116 Å². The van der Waals surface area contributed by atoms with Crippen molar-refractivity contribution in [2.45, 2.75) is 33.2 Å². The van der Waals surface area contributed by atoms with Gasteiger partial charge in [-0.25, -0.2) is 9.78 Å². The molecule has 0 bridgehead atoms. The molecule has 0 aromatic carbocycles. The van der Waals surface area contributed by atoms with Gasteiger partial charge in [0.1, 0.15) is 16.9 Å². The molecule has 6 nitrogen and oxygen atoms in total. The van der Waals surface area contributed by atoms with Gasteiger partial charge < -0.3 is 10.4 Å². The third kappa shape index (κ3) is 2.36. The molecule has 0 unspecified atom stereocenters. The number of hydrogen-bond donors (Lipinski definition) is 2. The lowest BCUT2D eigenvalue weighted by Gasteiger charge is -2.21. The van der Waals surface area contributed by atoms with Gasteiger partial charge in [0, 0.05) is 6.20 Å². The van der Waals surface area contributed by atoms with E-state index in [4.69, 9.17) is 5.11 Å². The highest BCUT2D eigenvalue weighted by molar-refractivity contribution is 5.97. The number of hydrogen-bond acceptors (Lipinski definition) is 3. The minimum absolute atomic E-state index is 0.359. The van der Waals surface area contributed by atoms with Crippen LogP contribution in [0.5, 0.6) is 0 Å². The molecular formula is C14H17N3O3. The van der Waals surface area contributed by atoms with Crippen molar-refractivity contribution < 1.29 is 14.7 Å². The van der Waals surface area contributed by atoms with E-state index in [9.17, 15) is 9.59 Å². The maximum absolute atomic E-state index is 12.3. The van der Waals surface area contributed by atoms with Gasteiger partial charge in [-0.1, -0.05) is 6.07 Å². The summed E-state index contributed by atoms with van der Waals surface area (Å²) in [5, 5.41) is 11.6. The molecule has 0 aliphatic rings. The molecule has 106 valence electrons. The number of aryl methyl sites for hydroxylation is 2. The molecule has 2 heterocycles. The predicted octanol–water partition coefficient (Wildman–Crippen LogP) is 1.54. The number of fused-ring (bicyclic) bond motifs is 1. The van der Waals surface area contributed by atoms with Gasteiger partial charge in [-0.2, -0.15) is 0 Å². The first-order chi connectivity index (χ1) is 9.22. The van der Waals surface area contributed by atoms with Crippen LogP contribution in [0.25, 0.3) is 5.65 Å². The first-order valence-electron chi connectivity index (χ1n) is 6.23. The molecule has 1 amide bonds. The molecule has 0 spiro atoms. The van der Waals surface area contributed by atoms with Crippen LogP contribution in [0.4, 0.5) is 0 Å². The molecule has 0 atom stereocenters. The Morgan fingerprint density at radius 2 is 1.95 bits per heavy atom. The molecule has 0 fully saturated rings. The number of nitrogens with one attached hydrogen (secondary N) is 1. The first kappa shape index (κ1) is 14.0. The summed E-state index contributed by atoms with van der Waals surface area (Å²) in [7, 11) is 0. The number of aliphatic carboxylic acids is 1. The highest BCUT2D eigenvalue weighted by Crippen LogP contribution is 2.14. The van der Waals surface area contributed by atoms with E-state index in [1.807, 2.05) is 19.1 Å². The molecule has 0 aliphatic carbocycles. The SMILES string of the molecule is Cc1ccc2nc(C)c(C(=O)NC(C)(C)C(=O)O)n2c1. The highest BCUT2D eigenvalue weighted by Gasteiger charge is 2.31. The van der Waals surface area contributed by atoms with Crippen LogP contribution in [0.1, 0.15) is 35.6 Å². The Hall–Kier alpha value is -2.37. The van der Waals surface area contributed by atoms with Gasteiger partial charge in [-0.3, -0.25) is 9.20 Å². The summed E-state index contributed by atoms with van der Waals surface area (Å²) < 4.78 is 1.68. The molecule has 0 saturated carbocycles. The lowest BCUT2D eigenvalue weighted by molar-refractivity contribution is -0.143. The van der Waals surface area contributed by atoms with Crippen LogP contribution in [0.2, 0.25) is 0 Å². The van der Waals surface area contributed by atoms with Gasteiger partial charge in [-0.05, 0) is 39.3 Å². The smallest absolute Gasteiger partial charge is 0.328 e. The largest absolute Gasteiger partial charge is 0.480 e. The van der Waals surface area contributed by atoms with Gasteiger partial charge in [0.05, 0.1) is 5.69 Å². The molecule has 2 N–H and O–H groups in total. The maximum Gasteiger partial charge on any atom is 0.328 e. The quantitative estimate of drug-likeness (QED) is 0.890. The van der Waals surface area contributed by atoms with Crippen LogP contribution in [0.15, 0.2) is 18.3 Å². The van der Waals surface area contributed by atoms with Crippen molar-refractivity contribution in [1.29, 1.82) is 0 Å². The summed E-state index contributed by atoms with van der Waals surface area (Å²) in [6.07, 6.45) is 1.80. The van der Waals surface area contributed by atoms with Crippen molar-refractivity contribution >= 4 is 17.5 Å². The Kier molecular flexibility index (Phi) is 3.25. The standard InChI is InChI=1S/C14H17N3O3/c1-8-5-6-10-15-9(2)11(17(10)7-8)12(18)16-14(3,4)13(19)20/h5-7H,1-4H3,(H,16,18)(H,19,20). The van der Waals surface area contributed by atoms with E-state index in [0.29, 0.717) is 17.0 Å². The second kappa shape index (κ2) is 4.63.